The first-order chi connectivity index (χ1) is 10.0. The lowest BCUT2D eigenvalue weighted by Crippen LogP contribution is -2.10. The van der Waals surface area contributed by atoms with Gasteiger partial charge in [0.1, 0.15) is 0 Å². The lowest BCUT2D eigenvalue weighted by Gasteiger charge is -2.12. The van der Waals surface area contributed by atoms with Crippen molar-refractivity contribution < 1.29 is 9.13 Å². The number of nitrogen functional groups attached to an aromatic ring is 1. The number of nitrogens with one attached hydrogen (secondary N) is 1. The van der Waals surface area contributed by atoms with Crippen molar-refractivity contribution in [2.75, 3.05) is 24.7 Å². The van der Waals surface area contributed by atoms with Crippen LogP contribution in [-0.4, -0.2) is 23.4 Å². The van der Waals surface area contributed by atoms with Crippen molar-refractivity contribution in [3.05, 3.63) is 35.4 Å². The van der Waals surface area contributed by atoms with Crippen LogP contribution >= 0.6 is 0 Å². The fraction of sp³-hybridized carbons (Fsp3) is 0.400. The van der Waals surface area contributed by atoms with E-state index in [1.165, 1.54) is 13.2 Å². The number of anilines is 2. The molecule has 21 heavy (non-hydrogen) atoms. The largest absolute Gasteiger partial charge is 0.494 e. The summed E-state index contributed by atoms with van der Waals surface area (Å²) in [7, 11) is 1.43. The van der Waals surface area contributed by atoms with Gasteiger partial charge in [-0.05, 0) is 26.3 Å². The summed E-state index contributed by atoms with van der Waals surface area (Å²) in [4.78, 5) is 0. The zero-order valence-corrected chi connectivity index (χ0v) is 12.6. The van der Waals surface area contributed by atoms with Crippen molar-refractivity contribution in [2.24, 2.45) is 0 Å². The third kappa shape index (κ3) is 3.65. The molecule has 0 saturated heterocycles. The Hall–Kier alpha value is -2.24. The highest BCUT2D eigenvalue weighted by Crippen LogP contribution is 2.27. The minimum atomic E-state index is -0.455. The Morgan fingerprint density at radius 1 is 1.33 bits per heavy atom. The summed E-state index contributed by atoms with van der Waals surface area (Å²) in [5.41, 5.74) is 9.02. The van der Waals surface area contributed by atoms with Crippen LogP contribution in [0.4, 0.5) is 15.8 Å². The monoisotopic (exact) mass is 292 g/mol. The highest BCUT2D eigenvalue weighted by Gasteiger charge is 2.08. The Labute approximate surface area is 123 Å². The van der Waals surface area contributed by atoms with Gasteiger partial charge in [-0.15, -0.1) is 0 Å². The van der Waals surface area contributed by atoms with Crippen LogP contribution in [0.3, 0.4) is 0 Å². The van der Waals surface area contributed by atoms with Gasteiger partial charge >= 0.3 is 0 Å². The maximum Gasteiger partial charge on any atom is 0.167 e. The van der Waals surface area contributed by atoms with E-state index in [0.29, 0.717) is 11.4 Å². The molecule has 0 radical (unpaired) electrons. The molecule has 2 rings (SSSR count). The van der Waals surface area contributed by atoms with Gasteiger partial charge in [-0.1, -0.05) is 0 Å². The molecule has 0 aliphatic rings. The van der Waals surface area contributed by atoms with Gasteiger partial charge in [-0.3, -0.25) is 4.68 Å². The summed E-state index contributed by atoms with van der Waals surface area (Å²) < 4.78 is 20.4. The van der Waals surface area contributed by atoms with Gasteiger partial charge in [0, 0.05) is 30.9 Å². The number of rotatable bonds is 6. The molecule has 0 atom stereocenters. The molecule has 0 spiro atoms. The normalized spacial score (nSPS) is 10.7. The number of methoxy groups -OCH3 is 1. The lowest BCUT2D eigenvalue weighted by molar-refractivity contribution is 0.387. The van der Waals surface area contributed by atoms with Gasteiger partial charge in [0.15, 0.2) is 11.6 Å². The Balaban J connectivity index is 1.90. The standard InChI is InChI=1S/C15H21FN4O/c1-10-7-11(2)20(19-10)6-4-5-18-14-9-15(21-3)12(16)8-13(14)17/h7-9,18H,4-6,17H2,1-3H3. The highest BCUT2D eigenvalue weighted by molar-refractivity contribution is 5.68. The fourth-order valence-electron chi connectivity index (χ4n) is 2.23. The molecular formula is C15H21FN4O. The first-order valence-electron chi connectivity index (χ1n) is 6.89. The minimum absolute atomic E-state index is 0.185. The third-order valence-electron chi connectivity index (χ3n) is 3.29. The van der Waals surface area contributed by atoms with Gasteiger partial charge in [-0.2, -0.15) is 5.10 Å². The predicted molar refractivity (Wildman–Crippen MR) is 82.2 cm³/mol. The molecule has 114 valence electrons. The molecule has 5 nitrogen and oxygen atoms in total. The van der Waals surface area contributed by atoms with Crippen molar-refractivity contribution in [1.82, 2.24) is 9.78 Å². The maximum absolute atomic E-state index is 13.4. The first-order valence-corrected chi connectivity index (χ1v) is 6.89. The van der Waals surface area contributed by atoms with Crippen molar-refractivity contribution in [3.8, 4) is 5.75 Å². The second kappa shape index (κ2) is 6.47. The Morgan fingerprint density at radius 3 is 2.71 bits per heavy atom. The number of ether oxygens (including phenoxy) is 1. The second-order valence-corrected chi connectivity index (χ2v) is 5.00. The van der Waals surface area contributed by atoms with Gasteiger partial charge < -0.3 is 15.8 Å². The Kier molecular flexibility index (Phi) is 4.67. The zero-order valence-electron chi connectivity index (χ0n) is 12.6. The minimum Gasteiger partial charge on any atom is -0.494 e. The molecule has 0 aliphatic heterocycles. The lowest BCUT2D eigenvalue weighted by atomic mass is 10.2. The summed E-state index contributed by atoms with van der Waals surface area (Å²) in [6.07, 6.45) is 0.890. The van der Waals surface area contributed by atoms with Crippen molar-refractivity contribution >= 4 is 11.4 Å². The Bertz CT molecular complexity index is 624. The van der Waals surface area contributed by atoms with Crippen LogP contribution in [0.15, 0.2) is 18.2 Å². The highest BCUT2D eigenvalue weighted by atomic mass is 19.1. The average molecular weight is 292 g/mol. The second-order valence-electron chi connectivity index (χ2n) is 5.00. The van der Waals surface area contributed by atoms with Crippen LogP contribution in [0.2, 0.25) is 0 Å². The molecule has 1 aromatic carbocycles. The molecular weight excluding hydrogens is 271 g/mol. The van der Waals surface area contributed by atoms with E-state index in [0.717, 1.165) is 30.9 Å². The van der Waals surface area contributed by atoms with Crippen LogP contribution in [0, 0.1) is 19.7 Å². The molecule has 0 unspecified atom stereocenters. The van der Waals surface area contributed by atoms with Crippen LogP contribution in [0.25, 0.3) is 0 Å². The van der Waals surface area contributed by atoms with E-state index in [1.54, 1.807) is 6.07 Å². The number of hydrogen-bond donors (Lipinski definition) is 2. The van der Waals surface area contributed by atoms with Gasteiger partial charge in [0.2, 0.25) is 0 Å². The molecule has 1 aromatic heterocycles. The van der Waals surface area contributed by atoms with E-state index < -0.39 is 5.82 Å². The summed E-state index contributed by atoms with van der Waals surface area (Å²) >= 11 is 0. The van der Waals surface area contributed by atoms with E-state index >= 15 is 0 Å². The predicted octanol–water partition coefficient (Wildman–Crippen LogP) is 2.73. The average Bonchev–Trinajstić information content (AvgIpc) is 2.75. The first kappa shape index (κ1) is 15.2. The summed E-state index contributed by atoms with van der Waals surface area (Å²) in [6.45, 7) is 5.56. The number of nitrogens with zero attached hydrogens (tertiary/aromatic N) is 2. The molecule has 0 fully saturated rings. The van der Waals surface area contributed by atoms with Crippen molar-refractivity contribution in [2.45, 2.75) is 26.8 Å². The van der Waals surface area contributed by atoms with Crippen LogP contribution in [-0.2, 0) is 6.54 Å². The molecule has 2 aromatic rings. The summed E-state index contributed by atoms with van der Waals surface area (Å²) in [5, 5.41) is 7.60. The zero-order chi connectivity index (χ0) is 15.4. The summed E-state index contributed by atoms with van der Waals surface area (Å²) in [5.74, 6) is -0.270. The van der Waals surface area contributed by atoms with E-state index in [2.05, 4.69) is 16.5 Å². The molecule has 0 saturated carbocycles. The van der Waals surface area contributed by atoms with Crippen LogP contribution < -0.4 is 15.8 Å². The van der Waals surface area contributed by atoms with Crippen LogP contribution in [0.5, 0.6) is 5.75 Å². The molecule has 3 N–H and O–H groups in total. The molecule has 0 bridgehead atoms. The topological polar surface area (TPSA) is 65.1 Å². The van der Waals surface area contributed by atoms with E-state index in [1.807, 2.05) is 18.5 Å². The molecule has 1 heterocycles. The Morgan fingerprint density at radius 2 is 2.10 bits per heavy atom. The van der Waals surface area contributed by atoms with E-state index in [9.17, 15) is 4.39 Å². The fourth-order valence-corrected chi connectivity index (χ4v) is 2.23. The quantitative estimate of drug-likeness (QED) is 0.634. The van der Waals surface area contributed by atoms with E-state index in [4.69, 9.17) is 10.5 Å². The number of nitrogens with two attached hydrogens (primary N) is 1. The SMILES string of the molecule is COc1cc(NCCCn2nc(C)cc2C)c(N)cc1F. The van der Waals surface area contributed by atoms with E-state index in [-0.39, 0.29) is 5.75 Å². The van der Waals surface area contributed by atoms with Gasteiger partial charge in [0.25, 0.3) is 0 Å². The maximum atomic E-state index is 13.4. The van der Waals surface area contributed by atoms with Crippen molar-refractivity contribution in [3.63, 3.8) is 0 Å². The van der Waals surface area contributed by atoms with Crippen LogP contribution in [0.1, 0.15) is 17.8 Å². The number of benzene rings is 1. The molecule has 6 heteroatoms. The number of aromatic nitrogens is 2. The van der Waals surface area contributed by atoms with Gasteiger partial charge in [0.05, 0.1) is 24.2 Å². The molecule has 0 amide bonds. The van der Waals surface area contributed by atoms with Crippen molar-refractivity contribution in [1.29, 1.82) is 0 Å². The number of halogens is 1. The van der Waals surface area contributed by atoms with Gasteiger partial charge in [-0.25, -0.2) is 4.39 Å². The molecule has 0 aliphatic carbocycles. The number of aryl methyl sites for hydroxylation is 3. The summed E-state index contributed by atoms with van der Waals surface area (Å²) in [6, 6.07) is 4.90. The smallest absolute Gasteiger partial charge is 0.167 e. The number of hydrogen-bond acceptors (Lipinski definition) is 4. The third-order valence-corrected chi connectivity index (χ3v) is 3.29.